The summed E-state index contributed by atoms with van der Waals surface area (Å²) in [7, 11) is 0. The van der Waals surface area contributed by atoms with Gasteiger partial charge in [-0.05, 0) is 35.1 Å². The van der Waals surface area contributed by atoms with E-state index in [9.17, 15) is 0 Å². The number of fused-ring (bicyclic) bond motifs is 1. The predicted octanol–water partition coefficient (Wildman–Crippen LogP) is 4.31. The van der Waals surface area contributed by atoms with Crippen LogP contribution in [0.3, 0.4) is 0 Å². The van der Waals surface area contributed by atoms with Gasteiger partial charge in [-0.2, -0.15) is 0 Å². The second-order valence-corrected chi connectivity index (χ2v) is 4.19. The van der Waals surface area contributed by atoms with Crippen LogP contribution in [-0.4, -0.2) is 0 Å². The van der Waals surface area contributed by atoms with Crippen molar-refractivity contribution < 1.29 is 0 Å². The first-order valence-corrected chi connectivity index (χ1v) is 5.79. The lowest BCUT2D eigenvalue weighted by molar-refractivity contribution is 0.986. The van der Waals surface area contributed by atoms with Crippen LogP contribution in [-0.2, 0) is 6.42 Å². The van der Waals surface area contributed by atoms with Crippen LogP contribution in [0.5, 0.6) is 0 Å². The van der Waals surface area contributed by atoms with E-state index in [1.54, 1.807) is 0 Å². The predicted molar refractivity (Wildman–Crippen MR) is 69.2 cm³/mol. The van der Waals surface area contributed by atoms with Crippen molar-refractivity contribution >= 4 is 6.08 Å². The zero-order valence-electron chi connectivity index (χ0n) is 9.19. The molecule has 0 aliphatic heterocycles. The summed E-state index contributed by atoms with van der Waals surface area (Å²) in [5, 5.41) is 0. The Hall–Kier alpha value is -1.82. The molecule has 3 rings (SSSR count). The van der Waals surface area contributed by atoms with Gasteiger partial charge in [0.15, 0.2) is 0 Å². The largest absolute Gasteiger partial charge is 0.0836 e. The molecule has 0 fully saturated rings. The fraction of sp³-hybridized carbons (Fsp3) is 0.125. The minimum atomic E-state index is 1.17. The number of benzene rings is 2. The van der Waals surface area contributed by atoms with Gasteiger partial charge in [0.25, 0.3) is 0 Å². The van der Waals surface area contributed by atoms with Crippen LogP contribution in [0.4, 0.5) is 0 Å². The van der Waals surface area contributed by atoms with E-state index in [0.29, 0.717) is 0 Å². The molecular weight excluding hydrogens is 192 g/mol. The van der Waals surface area contributed by atoms with Crippen molar-refractivity contribution in [3.63, 3.8) is 0 Å². The van der Waals surface area contributed by atoms with Crippen LogP contribution >= 0.6 is 0 Å². The van der Waals surface area contributed by atoms with E-state index >= 15 is 0 Å². The first kappa shape index (κ1) is 9.41. The number of rotatable bonds is 1. The molecule has 0 heteroatoms. The van der Waals surface area contributed by atoms with Gasteiger partial charge in [-0.3, -0.25) is 0 Å². The van der Waals surface area contributed by atoms with E-state index in [2.05, 4.69) is 60.7 Å². The van der Waals surface area contributed by atoms with E-state index in [4.69, 9.17) is 0 Å². The van der Waals surface area contributed by atoms with Gasteiger partial charge in [0.1, 0.15) is 0 Å². The van der Waals surface area contributed by atoms with Crippen LogP contribution in [0.15, 0.2) is 54.6 Å². The van der Waals surface area contributed by atoms with Crippen molar-refractivity contribution in [1.29, 1.82) is 0 Å². The molecule has 0 spiro atoms. The Morgan fingerprint density at radius 2 is 1.69 bits per heavy atom. The number of aryl methyl sites for hydroxylation is 1. The second-order valence-electron chi connectivity index (χ2n) is 4.19. The average molecular weight is 206 g/mol. The summed E-state index contributed by atoms with van der Waals surface area (Å²) < 4.78 is 0. The molecule has 78 valence electrons. The molecule has 1 aliphatic carbocycles. The van der Waals surface area contributed by atoms with Crippen molar-refractivity contribution in [2.24, 2.45) is 0 Å². The quantitative estimate of drug-likeness (QED) is 0.652. The molecule has 16 heavy (non-hydrogen) atoms. The molecule has 0 heterocycles. The maximum Gasteiger partial charge on any atom is -0.0109 e. The molecule has 0 bridgehead atoms. The molecule has 0 radical (unpaired) electrons. The zero-order valence-corrected chi connectivity index (χ0v) is 9.19. The molecule has 0 unspecified atom stereocenters. The monoisotopic (exact) mass is 206 g/mol. The summed E-state index contributed by atoms with van der Waals surface area (Å²) in [5.74, 6) is 0. The van der Waals surface area contributed by atoms with E-state index in [1.165, 1.54) is 35.1 Å². The van der Waals surface area contributed by atoms with Gasteiger partial charge in [0.2, 0.25) is 0 Å². The van der Waals surface area contributed by atoms with Gasteiger partial charge in [0.05, 0.1) is 0 Å². The minimum absolute atomic E-state index is 1.17. The van der Waals surface area contributed by atoms with E-state index < -0.39 is 0 Å². The Balaban J connectivity index is 2.20. The van der Waals surface area contributed by atoms with Crippen molar-refractivity contribution in [1.82, 2.24) is 0 Å². The number of hydrogen-bond acceptors (Lipinski definition) is 0. The first-order chi connectivity index (χ1) is 7.95. The molecule has 0 saturated heterocycles. The average Bonchev–Trinajstić information content (AvgIpc) is 2.39. The van der Waals surface area contributed by atoms with Crippen molar-refractivity contribution in [2.75, 3.05) is 0 Å². The van der Waals surface area contributed by atoms with Crippen molar-refractivity contribution in [3.05, 3.63) is 65.7 Å². The Labute approximate surface area is 96.3 Å². The number of allylic oxidation sites excluding steroid dienone is 1. The fourth-order valence-electron chi connectivity index (χ4n) is 2.34. The highest BCUT2D eigenvalue weighted by atomic mass is 14.1. The first-order valence-electron chi connectivity index (χ1n) is 5.79. The van der Waals surface area contributed by atoms with Gasteiger partial charge in [-0.1, -0.05) is 60.7 Å². The molecule has 0 saturated carbocycles. The normalized spacial score (nSPS) is 13.5. The lowest BCUT2D eigenvalue weighted by Crippen LogP contribution is -1.96. The SMILES string of the molecule is C1=Cc2c(cccc2-c2ccccc2)CC1. The second kappa shape index (κ2) is 3.97. The summed E-state index contributed by atoms with van der Waals surface area (Å²) in [6, 6.07) is 17.2. The van der Waals surface area contributed by atoms with E-state index in [0.717, 1.165) is 0 Å². The molecule has 0 aromatic heterocycles. The smallest absolute Gasteiger partial charge is 0.0109 e. The Bertz CT molecular complexity index is 521. The van der Waals surface area contributed by atoms with Crippen LogP contribution in [0.25, 0.3) is 17.2 Å². The summed E-state index contributed by atoms with van der Waals surface area (Å²) in [6.07, 6.45) is 6.88. The van der Waals surface area contributed by atoms with Crippen molar-refractivity contribution in [2.45, 2.75) is 12.8 Å². The lowest BCUT2D eigenvalue weighted by Gasteiger charge is -2.14. The molecule has 1 aliphatic rings. The molecule has 0 nitrogen and oxygen atoms in total. The van der Waals surface area contributed by atoms with Gasteiger partial charge in [0, 0.05) is 0 Å². The standard InChI is InChI=1S/C16H14/c1-2-7-13(8-3-1)16-12-6-10-14-9-4-5-11-15(14)16/h1-3,5-8,10-12H,4,9H2. The maximum atomic E-state index is 2.27. The lowest BCUT2D eigenvalue weighted by atomic mass is 9.90. The Morgan fingerprint density at radius 3 is 2.56 bits per heavy atom. The summed E-state index contributed by atoms with van der Waals surface area (Å²) in [5.41, 5.74) is 5.55. The molecule has 2 aromatic rings. The van der Waals surface area contributed by atoms with Gasteiger partial charge in [-0.25, -0.2) is 0 Å². The van der Waals surface area contributed by atoms with Gasteiger partial charge in [-0.15, -0.1) is 0 Å². The summed E-state index contributed by atoms with van der Waals surface area (Å²) >= 11 is 0. The van der Waals surface area contributed by atoms with Gasteiger partial charge < -0.3 is 0 Å². The molecular formula is C16H14. The molecule has 2 aromatic carbocycles. The highest BCUT2D eigenvalue weighted by Gasteiger charge is 2.09. The minimum Gasteiger partial charge on any atom is -0.0836 e. The summed E-state index contributed by atoms with van der Waals surface area (Å²) in [6.45, 7) is 0. The van der Waals surface area contributed by atoms with E-state index in [-0.39, 0.29) is 0 Å². The van der Waals surface area contributed by atoms with Crippen molar-refractivity contribution in [3.8, 4) is 11.1 Å². The van der Waals surface area contributed by atoms with Gasteiger partial charge >= 0.3 is 0 Å². The molecule has 0 amide bonds. The third-order valence-electron chi connectivity index (χ3n) is 3.15. The highest BCUT2D eigenvalue weighted by molar-refractivity contribution is 5.77. The Kier molecular flexibility index (Phi) is 2.34. The third-order valence-corrected chi connectivity index (χ3v) is 3.15. The van der Waals surface area contributed by atoms with Crippen LogP contribution in [0, 0.1) is 0 Å². The van der Waals surface area contributed by atoms with Crippen LogP contribution < -0.4 is 0 Å². The van der Waals surface area contributed by atoms with Crippen LogP contribution in [0.1, 0.15) is 17.5 Å². The number of hydrogen-bond donors (Lipinski definition) is 0. The topological polar surface area (TPSA) is 0 Å². The zero-order chi connectivity index (χ0) is 10.8. The third kappa shape index (κ3) is 1.57. The molecule has 0 N–H and O–H groups in total. The van der Waals surface area contributed by atoms with Crippen LogP contribution in [0.2, 0.25) is 0 Å². The molecule has 0 atom stereocenters. The Morgan fingerprint density at radius 1 is 0.812 bits per heavy atom. The maximum absolute atomic E-state index is 2.27. The fourth-order valence-corrected chi connectivity index (χ4v) is 2.34. The highest BCUT2D eigenvalue weighted by Crippen LogP contribution is 2.30. The van der Waals surface area contributed by atoms with E-state index in [1.807, 2.05) is 0 Å². The summed E-state index contributed by atoms with van der Waals surface area (Å²) in [4.78, 5) is 0.